The molecule has 0 aromatic heterocycles. The highest BCUT2D eigenvalue weighted by Gasteiger charge is 2.31. The van der Waals surface area contributed by atoms with E-state index in [1.54, 1.807) is 0 Å². The molecule has 0 bridgehead atoms. The summed E-state index contributed by atoms with van der Waals surface area (Å²) in [6, 6.07) is 10.7. The highest BCUT2D eigenvalue weighted by Crippen LogP contribution is 2.29. The molecule has 19 heavy (non-hydrogen) atoms. The highest BCUT2D eigenvalue weighted by atomic mass is 15.2. The fourth-order valence-electron chi connectivity index (χ4n) is 3.06. The van der Waals surface area contributed by atoms with Crippen LogP contribution in [-0.4, -0.2) is 30.1 Å². The van der Waals surface area contributed by atoms with E-state index in [1.807, 2.05) is 0 Å². The molecule has 1 saturated heterocycles. The van der Waals surface area contributed by atoms with Gasteiger partial charge in [0.1, 0.15) is 0 Å². The maximum absolute atomic E-state index is 3.73. The molecule has 0 atom stereocenters. The molecule has 2 heteroatoms. The fourth-order valence-corrected chi connectivity index (χ4v) is 3.06. The molecular formula is C17H26N2. The number of aryl methyl sites for hydroxylation is 1. The second kappa shape index (κ2) is 6.06. The van der Waals surface area contributed by atoms with Gasteiger partial charge in [0, 0.05) is 18.6 Å². The van der Waals surface area contributed by atoms with Crippen LogP contribution in [0.2, 0.25) is 0 Å². The van der Waals surface area contributed by atoms with Crippen LogP contribution in [-0.2, 0) is 13.0 Å². The normalized spacial score (nSPS) is 21.7. The molecule has 0 unspecified atom stereocenters. The third-order valence-electron chi connectivity index (χ3n) is 4.62. The minimum absolute atomic E-state index is 0.723. The second-order valence-corrected chi connectivity index (χ2v) is 6.09. The standard InChI is InChI=1S/C17H26N2/c1-2-14-3-5-15(6-4-14)13-18-16-9-11-19(12-10-16)17-7-8-17/h3-6,16-18H,2,7-13H2,1H3. The van der Waals surface area contributed by atoms with Gasteiger partial charge in [0.15, 0.2) is 0 Å². The first-order chi connectivity index (χ1) is 9.35. The lowest BCUT2D eigenvalue weighted by Crippen LogP contribution is -2.43. The molecule has 2 nitrogen and oxygen atoms in total. The van der Waals surface area contributed by atoms with Crippen LogP contribution in [0.1, 0.15) is 43.7 Å². The van der Waals surface area contributed by atoms with Gasteiger partial charge in [-0.05, 0) is 56.3 Å². The Balaban J connectivity index is 1.41. The molecule has 2 fully saturated rings. The molecule has 1 saturated carbocycles. The van der Waals surface area contributed by atoms with E-state index in [4.69, 9.17) is 0 Å². The van der Waals surface area contributed by atoms with Crippen LogP contribution in [0.3, 0.4) is 0 Å². The molecule has 1 aliphatic heterocycles. The number of rotatable bonds is 5. The summed E-state index contributed by atoms with van der Waals surface area (Å²) < 4.78 is 0. The summed E-state index contributed by atoms with van der Waals surface area (Å²) in [6.07, 6.45) is 6.67. The van der Waals surface area contributed by atoms with Crippen LogP contribution in [0.15, 0.2) is 24.3 Å². The van der Waals surface area contributed by atoms with Crippen LogP contribution < -0.4 is 5.32 Å². The van der Waals surface area contributed by atoms with Crippen molar-refractivity contribution >= 4 is 0 Å². The van der Waals surface area contributed by atoms with E-state index in [-0.39, 0.29) is 0 Å². The van der Waals surface area contributed by atoms with Crippen LogP contribution in [0, 0.1) is 0 Å². The van der Waals surface area contributed by atoms with Crippen molar-refractivity contribution in [2.45, 2.75) is 57.7 Å². The lowest BCUT2D eigenvalue weighted by Gasteiger charge is -2.32. The maximum Gasteiger partial charge on any atom is 0.0208 e. The van der Waals surface area contributed by atoms with Crippen LogP contribution in [0.25, 0.3) is 0 Å². The van der Waals surface area contributed by atoms with Crippen molar-refractivity contribution in [3.63, 3.8) is 0 Å². The highest BCUT2D eigenvalue weighted by molar-refractivity contribution is 5.22. The van der Waals surface area contributed by atoms with Gasteiger partial charge in [0.2, 0.25) is 0 Å². The van der Waals surface area contributed by atoms with Crippen molar-refractivity contribution < 1.29 is 0 Å². The minimum atomic E-state index is 0.723. The van der Waals surface area contributed by atoms with Gasteiger partial charge in [-0.2, -0.15) is 0 Å². The third-order valence-corrected chi connectivity index (χ3v) is 4.62. The zero-order chi connectivity index (χ0) is 13.1. The van der Waals surface area contributed by atoms with Gasteiger partial charge in [-0.15, -0.1) is 0 Å². The van der Waals surface area contributed by atoms with Gasteiger partial charge in [0.05, 0.1) is 0 Å². The van der Waals surface area contributed by atoms with Crippen molar-refractivity contribution in [2.75, 3.05) is 13.1 Å². The van der Waals surface area contributed by atoms with Gasteiger partial charge >= 0.3 is 0 Å². The SMILES string of the molecule is CCc1ccc(CNC2CCN(C3CC3)CC2)cc1. The summed E-state index contributed by atoms with van der Waals surface area (Å²) in [6.45, 7) is 5.84. The molecule has 2 aliphatic rings. The first kappa shape index (κ1) is 13.1. The van der Waals surface area contributed by atoms with Gasteiger partial charge < -0.3 is 10.2 Å². The Morgan fingerprint density at radius 1 is 1.00 bits per heavy atom. The monoisotopic (exact) mass is 258 g/mol. The Morgan fingerprint density at radius 2 is 1.63 bits per heavy atom. The topological polar surface area (TPSA) is 15.3 Å². The smallest absolute Gasteiger partial charge is 0.0208 e. The van der Waals surface area contributed by atoms with Crippen LogP contribution in [0.5, 0.6) is 0 Å². The number of benzene rings is 1. The molecular weight excluding hydrogens is 232 g/mol. The molecule has 1 aliphatic carbocycles. The Bertz CT molecular complexity index is 386. The number of hydrogen-bond acceptors (Lipinski definition) is 2. The molecule has 1 aromatic rings. The molecule has 0 radical (unpaired) electrons. The van der Waals surface area contributed by atoms with Crippen molar-refractivity contribution in [2.24, 2.45) is 0 Å². The lowest BCUT2D eigenvalue weighted by molar-refractivity contribution is 0.189. The molecule has 3 rings (SSSR count). The summed E-state index contributed by atoms with van der Waals surface area (Å²) in [5, 5.41) is 3.73. The van der Waals surface area contributed by atoms with E-state index in [0.717, 1.165) is 25.0 Å². The fraction of sp³-hybridized carbons (Fsp3) is 0.647. The zero-order valence-corrected chi connectivity index (χ0v) is 12.1. The first-order valence-corrected chi connectivity index (χ1v) is 7.90. The van der Waals surface area contributed by atoms with Crippen molar-refractivity contribution in [1.29, 1.82) is 0 Å². The summed E-state index contributed by atoms with van der Waals surface area (Å²) in [5.74, 6) is 0. The van der Waals surface area contributed by atoms with E-state index in [2.05, 4.69) is 41.4 Å². The van der Waals surface area contributed by atoms with E-state index in [0.29, 0.717) is 0 Å². The van der Waals surface area contributed by atoms with Gasteiger partial charge in [0.25, 0.3) is 0 Å². The quantitative estimate of drug-likeness (QED) is 0.873. The van der Waals surface area contributed by atoms with Gasteiger partial charge in [-0.3, -0.25) is 0 Å². The molecule has 1 aromatic carbocycles. The third kappa shape index (κ3) is 3.58. The first-order valence-electron chi connectivity index (χ1n) is 7.90. The van der Waals surface area contributed by atoms with E-state index >= 15 is 0 Å². The van der Waals surface area contributed by atoms with E-state index in [1.165, 1.54) is 49.9 Å². The Hall–Kier alpha value is -0.860. The number of hydrogen-bond donors (Lipinski definition) is 1. The van der Waals surface area contributed by atoms with Crippen molar-refractivity contribution in [1.82, 2.24) is 10.2 Å². The molecule has 0 spiro atoms. The molecule has 1 N–H and O–H groups in total. The maximum atomic E-state index is 3.73. The van der Waals surface area contributed by atoms with Crippen molar-refractivity contribution in [3.8, 4) is 0 Å². The Morgan fingerprint density at radius 3 is 2.21 bits per heavy atom. The Labute approximate surface area is 117 Å². The summed E-state index contributed by atoms with van der Waals surface area (Å²) in [7, 11) is 0. The number of nitrogens with one attached hydrogen (secondary N) is 1. The number of piperidine rings is 1. The van der Waals surface area contributed by atoms with Gasteiger partial charge in [-0.25, -0.2) is 0 Å². The number of likely N-dealkylation sites (tertiary alicyclic amines) is 1. The van der Waals surface area contributed by atoms with Gasteiger partial charge in [-0.1, -0.05) is 31.2 Å². The minimum Gasteiger partial charge on any atom is -0.310 e. The predicted octanol–water partition coefficient (Wildman–Crippen LogP) is 2.97. The summed E-state index contributed by atoms with van der Waals surface area (Å²) >= 11 is 0. The van der Waals surface area contributed by atoms with Crippen LogP contribution >= 0.6 is 0 Å². The largest absolute Gasteiger partial charge is 0.310 e. The van der Waals surface area contributed by atoms with Crippen molar-refractivity contribution in [3.05, 3.63) is 35.4 Å². The zero-order valence-electron chi connectivity index (χ0n) is 12.1. The molecule has 0 amide bonds. The van der Waals surface area contributed by atoms with E-state index < -0.39 is 0 Å². The predicted molar refractivity (Wildman–Crippen MR) is 80.3 cm³/mol. The Kier molecular flexibility index (Phi) is 4.19. The molecule has 104 valence electrons. The average molecular weight is 258 g/mol. The second-order valence-electron chi connectivity index (χ2n) is 6.09. The van der Waals surface area contributed by atoms with Crippen LogP contribution in [0.4, 0.5) is 0 Å². The average Bonchev–Trinajstić information content (AvgIpc) is 3.31. The lowest BCUT2D eigenvalue weighted by atomic mass is 10.0. The summed E-state index contributed by atoms with van der Waals surface area (Å²) in [5.41, 5.74) is 2.85. The number of nitrogens with zero attached hydrogens (tertiary/aromatic N) is 1. The molecule has 1 heterocycles. The summed E-state index contributed by atoms with van der Waals surface area (Å²) in [4.78, 5) is 2.69. The van der Waals surface area contributed by atoms with E-state index in [9.17, 15) is 0 Å².